The molecule has 0 spiro atoms. The number of hydrogen-bond acceptors (Lipinski definition) is 2. The van der Waals surface area contributed by atoms with Crippen molar-refractivity contribution in [2.75, 3.05) is 5.73 Å². The van der Waals surface area contributed by atoms with E-state index >= 15 is 0 Å². The minimum atomic E-state index is 0.354. The van der Waals surface area contributed by atoms with Crippen LogP contribution in [0.4, 0.5) is 5.82 Å². The van der Waals surface area contributed by atoms with E-state index in [-0.39, 0.29) is 0 Å². The van der Waals surface area contributed by atoms with Gasteiger partial charge in [0.05, 0.1) is 5.69 Å². The average molecular weight is 280 g/mol. The molecular formula is C12H14BrN3. The molecule has 2 aromatic rings. The summed E-state index contributed by atoms with van der Waals surface area (Å²) in [6, 6.07) is 8.10. The van der Waals surface area contributed by atoms with Gasteiger partial charge in [-0.2, -0.15) is 5.10 Å². The topological polar surface area (TPSA) is 54.7 Å². The van der Waals surface area contributed by atoms with E-state index in [1.165, 1.54) is 0 Å². The van der Waals surface area contributed by atoms with Gasteiger partial charge in [-0.25, -0.2) is 0 Å². The molecule has 0 aliphatic rings. The van der Waals surface area contributed by atoms with Crippen LogP contribution in [0.2, 0.25) is 0 Å². The molecule has 0 fully saturated rings. The molecule has 0 atom stereocenters. The number of halogens is 1. The van der Waals surface area contributed by atoms with Gasteiger partial charge in [0.2, 0.25) is 0 Å². The summed E-state index contributed by atoms with van der Waals surface area (Å²) < 4.78 is 1.05. The molecular weight excluding hydrogens is 266 g/mol. The third-order valence-corrected chi connectivity index (χ3v) is 3.02. The van der Waals surface area contributed by atoms with Crippen molar-refractivity contribution in [1.82, 2.24) is 10.2 Å². The van der Waals surface area contributed by atoms with Crippen molar-refractivity contribution in [3.05, 3.63) is 34.3 Å². The number of nitrogens with one attached hydrogen (secondary N) is 1. The van der Waals surface area contributed by atoms with Gasteiger partial charge in [0.1, 0.15) is 5.82 Å². The quantitative estimate of drug-likeness (QED) is 0.884. The highest BCUT2D eigenvalue weighted by molar-refractivity contribution is 9.10. The second-order valence-electron chi connectivity index (χ2n) is 4.06. The molecule has 1 aromatic heterocycles. The van der Waals surface area contributed by atoms with Crippen molar-refractivity contribution >= 4 is 21.7 Å². The number of nitrogens with zero attached hydrogens (tertiary/aromatic N) is 1. The molecule has 16 heavy (non-hydrogen) atoms. The molecule has 0 aliphatic heterocycles. The predicted molar refractivity (Wildman–Crippen MR) is 70.2 cm³/mol. The summed E-state index contributed by atoms with van der Waals surface area (Å²) in [5.41, 5.74) is 9.05. The SMILES string of the molecule is CC(C)c1c(N)n[nH]c1-c1cccc(Br)c1. The van der Waals surface area contributed by atoms with E-state index in [1.807, 2.05) is 18.2 Å². The lowest BCUT2D eigenvalue weighted by molar-refractivity contribution is 0.873. The molecule has 1 aromatic carbocycles. The minimum absolute atomic E-state index is 0.354. The highest BCUT2D eigenvalue weighted by Gasteiger charge is 2.15. The molecule has 3 nitrogen and oxygen atoms in total. The number of hydrogen-bond donors (Lipinski definition) is 2. The van der Waals surface area contributed by atoms with Crippen molar-refractivity contribution in [1.29, 1.82) is 0 Å². The van der Waals surface area contributed by atoms with Crippen LogP contribution in [-0.2, 0) is 0 Å². The van der Waals surface area contributed by atoms with Gasteiger partial charge in [-0.3, -0.25) is 5.10 Å². The van der Waals surface area contributed by atoms with Crippen LogP contribution < -0.4 is 5.73 Å². The number of rotatable bonds is 2. The van der Waals surface area contributed by atoms with E-state index in [9.17, 15) is 0 Å². The highest BCUT2D eigenvalue weighted by Crippen LogP contribution is 2.32. The fourth-order valence-electron chi connectivity index (χ4n) is 1.81. The fraction of sp³-hybridized carbons (Fsp3) is 0.250. The lowest BCUT2D eigenvalue weighted by atomic mass is 9.99. The zero-order valence-corrected chi connectivity index (χ0v) is 10.9. The van der Waals surface area contributed by atoms with Crippen molar-refractivity contribution in [3.63, 3.8) is 0 Å². The van der Waals surface area contributed by atoms with E-state index in [1.54, 1.807) is 0 Å². The van der Waals surface area contributed by atoms with Crippen LogP contribution in [0.5, 0.6) is 0 Å². The maximum Gasteiger partial charge on any atom is 0.149 e. The molecule has 0 bridgehead atoms. The van der Waals surface area contributed by atoms with Gasteiger partial charge in [0.25, 0.3) is 0 Å². The molecule has 84 valence electrons. The van der Waals surface area contributed by atoms with E-state index in [2.05, 4.69) is 46.0 Å². The molecule has 0 amide bonds. The van der Waals surface area contributed by atoms with Gasteiger partial charge in [-0.1, -0.05) is 41.9 Å². The third-order valence-electron chi connectivity index (χ3n) is 2.52. The van der Waals surface area contributed by atoms with Gasteiger partial charge in [0.15, 0.2) is 0 Å². The summed E-state index contributed by atoms with van der Waals surface area (Å²) in [7, 11) is 0. The Morgan fingerprint density at radius 1 is 1.38 bits per heavy atom. The van der Waals surface area contributed by atoms with Gasteiger partial charge in [-0.15, -0.1) is 0 Å². The standard InChI is InChI=1S/C12H14BrN3/c1-7(2)10-11(15-16-12(10)14)8-4-3-5-9(13)6-8/h3-7H,1-2H3,(H3,14,15,16). The number of aromatic amines is 1. The van der Waals surface area contributed by atoms with E-state index < -0.39 is 0 Å². The zero-order valence-electron chi connectivity index (χ0n) is 9.29. The third kappa shape index (κ3) is 1.97. The molecule has 0 saturated heterocycles. The lowest BCUT2D eigenvalue weighted by Crippen LogP contribution is -1.95. The van der Waals surface area contributed by atoms with Crippen LogP contribution in [0.15, 0.2) is 28.7 Å². The van der Waals surface area contributed by atoms with E-state index in [0.717, 1.165) is 21.3 Å². The number of anilines is 1. The molecule has 1 heterocycles. The Hall–Kier alpha value is -1.29. The molecule has 0 saturated carbocycles. The first-order valence-electron chi connectivity index (χ1n) is 5.19. The van der Waals surface area contributed by atoms with Crippen LogP contribution in [-0.4, -0.2) is 10.2 Å². The highest BCUT2D eigenvalue weighted by atomic mass is 79.9. The maximum atomic E-state index is 5.86. The summed E-state index contributed by atoms with van der Waals surface area (Å²) in [5.74, 6) is 0.942. The zero-order chi connectivity index (χ0) is 11.7. The normalized spacial score (nSPS) is 11.0. The molecule has 4 heteroatoms. The molecule has 3 N–H and O–H groups in total. The first-order chi connectivity index (χ1) is 7.59. The largest absolute Gasteiger partial charge is 0.382 e. The van der Waals surface area contributed by atoms with Crippen molar-refractivity contribution in [3.8, 4) is 11.3 Å². The van der Waals surface area contributed by atoms with Crippen LogP contribution in [0.3, 0.4) is 0 Å². The smallest absolute Gasteiger partial charge is 0.149 e. The molecule has 2 rings (SSSR count). The summed E-state index contributed by atoms with van der Waals surface area (Å²) in [6.07, 6.45) is 0. The van der Waals surface area contributed by atoms with Crippen LogP contribution in [0, 0.1) is 0 Å². The van der Waals surface area contributed by atoms with E-state index in [4.69, 9.17) is 5.73 Å². The van der Waals surface area contributed by atoms with Crippen molar-refractivity contribution in [2.24, 2.45) is 0 Å². The first kappa shape index (κ1) is 11.2. The summed E-state index contributed by atoms with van der Waals surface area (Å²) >= 11 is 3.46. The van der Waals surface area contributed by atoms with Crippen molar-refractivity contribution < 1.29 is 0 Å². The second-order valence-corrected chi connectivity index (χ2v) is 4.98. The molecule has 0 aliphatic carbocycles. The second kappa shape index (κ2) is 4.29. The number of benzene rings is 1. The number of aromatic nitrogens is 2. The Labute approximate surface area is 103 Å². The van der Waals surface area contributed by atoms with Crippen molar-refractivity contribution in [2.45, 2.75) is 19.8 Å². The van der Waals surface area contributed by atoms with Crippen LogP contribution >= 0.6 is 15.9 Å². The van der Waals surface area contributed by atoms with Gasteiger partial charge in [0, 0.05) is 15.6 Å². The van der Waals surface area contributed by atoms with Gasteiger partial charge in [-0.05, 0) is 18.1 Å². The number of nitrogens with two attached hydrogens (primary N) is 1. The predicted octanol–water partition coefficient (Wildman–Crippen LogP) is 3.54. The first-order valence-corrected chi connectivity index (χ1v) is 5.98. The minimum Gasteiger partial charge on any atom is -0.382 e. The average Bonchev–Trinajstić information content (AvgIpc) is 2.60. The Kier molecular flexibility index (Phi) is 3.01. The fourth-order valence-corrected chi connectivity index (χ4v) is 2.21. The Morgan fingerprint density at radius 3 is 2.75 bits per heavy atom. The molecule has 0 unspecified atom stereocenters. The maximum absolute atomic E-state index is 5.86. The van der Waals surface area contributed by atoms with Gasteiger partial charge >= 0.3 is 0 Å². The Bertz CT molecular complexity index is 503. The lowest BCUT2D eigenvalue weighted by Gasteiger charge is -2.07. The van der Waals surface area contributed by atoms with Crippen LogP contribution in [0.1, 0.15) is 25.3 Å². The molecule has 0 radical (unpaired) electrons. The van der Waals surface area contributed by atoms with Crippen LogP contribution in [0.25, 0.3) is 11.3 Å². The van der Waals surface area contributed by atoms with E-state index in [0.29, 0.717) is 11.7 Å². The monoisotopic (exact) mass is 279 g/mol. The summed E-state index contributed by atoms with van der Waals surface area (Å²) in [6.45, 7) is 4.23. The van der Waals surface area contributed by atoms with Gasteiger partial charge < -0.3 is 5.73 Å². The number of H-pyrrole nitrogens is 1. The summed E-state index contributed by atoms with van der Waals surface area (Å²) in [4.78, 5) is 0. The number of nitrogen functional groups attached to an aromatic ring is 1. The Balaban J connectivity index is 2.56. The Morgan fingerprint density at radius 2 is 2.12 bits per heavy atom. The summed E-state index contributed by atoms with van der Waals surface area (Å²) in [5, 5.41) is 7.08.